The van der Waals surface area contributed by atoms with Crippen LogP contribution in [0.4, 0.5) is 4.39 Å². The zero-order chi connectivity index (χ0) is 84.8. The van der Waals surface area contributed by atoms with Gasteiger partial charge in [-0.15, -0.1) is 5.10 Å². The number of hydrogen-bond donors (Lipinski definition) is 19. The fourth-order valence-electron chi connectivity index (χ4n) is 12.2. The summed E-state index contributed by atoms with van der Waals surface area (Å²) in [5, 5.41) is 54.6. The SMILES string of the molecule is CC[C@H](C)[C@H](NC(=O)[C@@H](N)CCCN=C(N)N)C(=O)N[C@@H](CC(N)=O)C(=O)N[C@@H](CC(N)=O)C(=O)N[C@H](C(=O)N1C[C@@H](n2cc(-c3ccc(F)c(C)c3)nn2)C[C@H]1C(=O)N[C@@H](Cc1c[nH]c2ccccc12)C(=O)N[C@@H](CO)C(=O)N[C@@H](CCC(=O)O)C(=O)N[C@@H](C)C(=O)N[C@@H](CCSC)C(=O)N[C@@H](CCSC)C(N)=O)[C@@H](C)CC. The average Bonchev–Trinajstić information content (AvgIpc) is 1.64. The first-order chi connectivity index (χ1) is 53.9. The number of carboxylic acid groups (broad SMARTS) is 1. The summed E-state index contributed by atoms with van der Waals surface area (Å²) in [5.41, 5.74) is 35.7. The van der Waals surface area contributed by atoms with Crippen molar-refractivity contribution in [2.75, 3.05) is 43.7 Å². The maximum Gasteiger partial charge on any atom is 0.303 e. The van der Waals surface area contributed by atoms with Gasteiger partial charge < -0.3 is 108 Å². The normalized spacial score (nSPS) is 16.6. The van der Waals surface area contributed by atoms with Gasteiger partial charge in [-0.3, -0.25) is 76.9 Å². The van der Waals surface area contributed by atoms with E-state index in [1.807, 2.05) is 0 Å². The number of amides is 14. The summed E-state index contributed by atoms with van der Waals surface area (Å²) in [6, 6.07) is -8.59. The number of guanidine groups is 1. The van der Waals surface area contributed by atoms with Crippen molar-refractivity contribution < 1.29 is 86.5 Å². The molecule has 14 amide bonds. The van der Waals surface area contributed by atoms with Crippen LogP contribution in [0.1, 0.15) is 122 Å². The van der Waals surface area contributed by atoms with Gasteiger partial charge >= 0.3 is 5.97 Å². The number of rotatable bonds is 48. The Bertz CT molecular complexity index is 4110. The Morgan fingerprint density at radius 3 is 1.77 bits per heavy atom. The van der Waals surface area contributed by atoms with Crippen molar-refractivity contribution in [3.8, 4) is 11.3 Å². The quantitative estimate of drug-likeness (QED) is 0.0115. The number of aliphatic hydroxyl groups is 1. The van der Waals surface area contributed by atoms with Crippen LogP contribution in [0.15, 0.2) is 59.9 Å². The smallest absolute Gasteiger partial charge is 0.303 e. The molecule has 1 aliphatic heterocycles. The van der Waals surface area contributed by atoms with Crippen LogP contribution < -0.4 is 87.6 Å². The van der Waals surface area contributed by atoms with Crippen molar-refractivity contribution in [2.24, 2.45) is 51.2 Å². The van der Waals surface area contributed by atoms with Crippen LogP contribution >= 0.6 is 23.5 Å². The predicted octanol–water partition coefficient (Wildman–Crippen LogP) is -3.80. The molecule has 0 radical (unpaired) electrons. The Morgan fingerprint density at radius 2 is 1.18 bits per heavy atom. The van der Waals surface area contributed by atoms with E-state index in [0.717, 1.165) is 4.90 Å². The number of carbonyl (C=O) groups is 15. The number of nitrogens with zero attached hydrogens (tertiary/aromatic N) is 5. The Hall–Kier alpha value is -11.0. The number of nitrogens with one attached hydrogen (secondary N) is 11. The number of aryl methyl sites for hydroxylation is 1. The van der Waals surface area contributed by atoms with Crippen LogP contribution in [0.25, 0.3) is 22.2 Å². The van der Waals surface area contributed by atoms with Gasteiger partial charge in [0.1, 0.15) is 78.0 Å². The number of hydrogen-bond acceptors (Lipinski definition) is 22. The van der Waals surface area contributed by atoms with Crippen molar-refractivity contribution in [3.05, 3.63) is 71.8 Å². The molecule has 5 rings (SSSR count). The van der Waals surface area contributed by atoms with E-state index in [1.165, 1.54) is 66.4 Å². The first kappa shape index (κ1) is 93.6. The number of benzene rings is 2. The van der Waals surface area contributed by atoms with Gasteiger partial charge in [0, 0.05) is 55.0 Å². The highest BCUT2D eigenvalue weighted by molar-refractivity contribution is 7.98. The summed E-state index contributed by atoms with van der Waals surface area (Å²) in [5.74, 6) is -17.0. The van der Waals surface area contributed by atoms with Crippen molar-refractivity contribution in [2.45, 2.75) is 197 Å². The second-order valence-electron chi connectivity index (χ2n) is 27.9. The van der Waals surface area contributed by atoms with Gasteiger partial charge in [-0.25, -0.2) is 9.07 Å². The molecule has 0 unspecified atom stereocenters. The summed E-state index contributed by atoms with van der Waals surface area (Å²) in [4.78, 5) is 216. The maximum atomic E-state index is 15.7. The summed E-state index contributed by atoms with van der Waals surface area (Å²) in [6.07, 6.45) is 3.89. The molecule has 626 valence electrons. The molecule has 0 bridgehead atoms. The number of likely N-dealkylation sites (tertiary alicyclic amines) is 1. The first-order valence-corrected chi connectivity index (χ1v) is 39.8. The average molecular weight is 1640 g/mol. The van der Waals surface area contributed by atoms with Gasteiger partial charge in [0.2, 0.25) is 82.7 Å². The molecule has 15 atom stereocenters. The lowest BCUT2D eigenvalue weighted by Crippen LogP contribution is -2.62. The lowest BCUT2D eigenvalue weighted by atomic mass is 9.96. The molecule has 2 aromatic carbocycles. The van der Waals surface area contributed by atoms with E-state index in [-0.39, 0.29) is 68.8 Å². The third-order valence-corrected chi connectivity index (χ3v) is 20.5. The zero-order valence-electron chi connectivity index (χ0n) is 64.8. The molecule has 114 heavy (non-hydrogen) atoms. The highest BCUT2D eigenvalue weighted by atomic mass is 32.2. The van der Waals surface area contributed by atoms with Gasteiger partial charge in [0.05, 0.1) is 37.7 Å². The van der Waals surface area contributed by atoms with E-state index < -0.39 is 217 Å². The second-order valence-corrected chi connectivity index (χ2v) is 29.9. The Balaban J connectivity index is 1.49. The molecular formula is C72H107FN22O17S2. The summed E-state index contributed by atoms with van der Waals surface area (Å²) < 4.78 is 15.9. The van der Waals surface area contributed by atoms with Crippen molar-refractivity contribution in [3.63, 3.8) is 0 Å². The van der Waals surface area contributed by atoms with Gasteiger partial charge in [-0.1, -0.05) is 63.9 Å². The highest BCUT2D eigenvalue weighted by Gasteiger charge is 2.46. The highest BCUT2D eigenvalue weighted by Crippen LogP contribution is 2.32. The minimum Gasteiger partial charge on any atom is -0.481 e. The molecular weight excluding hydrogens is 1530 g/mol. The van der Waals surface area contributed by atoms with Crippen LogP contribution in [0.3, 0.4) is 0 Å². The predicted molar refractivity (Wildman–Crippen MR) is 420 cm³/mol. The number of aliphatic carboxylic acids is 1. The monoisotopic (exact) mass is 1630 g/mol. The van der Waals surface area contributed by atoms with E-state index in [4.69, 9.17) is 34.4 Å². The maximum absolute atomic E-state index is 15.7. The number of aliphatic imine (C=N–C) groups is 1. The molecule has 0 aliphatic carbocycles. The third kappa shape index (κ3) is 28.3. The minimum atomic E-state index is -1.96. The van der Waals surface area contributed by atoms with Crippen LogP contribution in [0, 0.1) is 24.6 Å². The Labute approximate surface area is 665 Å². The number of carbonyl (C=O) groups excluding carboxylic acids is 14. The number of aliphatic hydroxyl groups excluding tert-OH is 1. The van der Waals surface area contributed by atoms with E-state index in [0.29, 0.717) is 46.4 Å². The number of fused-ring (bicyclic) bond motifs is 1. The number of H-pyrrole nitrogens is 1. The van der Waals surface area contributed by atoms with Crippen LogP contribution in [0.2, 0.25) is 0 Å². The van der Waals surface area contributed by atoms with Crippen molar-refractivity contribution in [1.29, 1.82) is 0 Å². The fraction of sp³-hybridized carbons (Fsp3) is 0.556. The summed E-state index contributed by atoms with van der Waals surface area (Å²) in [6.45, 7) is 7.94. The molecule has 0 spiro atoms. The number of aromatic amines is 1. The molecule has 1 aliphatic rings. The largest absolute Gasteiger partial charge is 0.481 e. The number of thioether (sulfide) groups is 2. The number of halogens is 1. The van der Waals surface area contributed by atoms with Gasteiger partial charge in [0.25, 0.3) is 0 Å². The Kier molecular flexibility index (Phi) is 37.5. The molecule has 25 N–H and O–H groups in total. The van der Waals surface area contributed by atoms with Crippen LogP contribution in [-0.4, -0.2) is 246 Å². The number of aromatic nitrogens is 4. The minimum absolute atomic E-state index is 0.0810. The molecule has 39 nitrogen and oxygen atoms in total. The first-order valence-electron chi connectivity index (χ1n) is 37.0. The van der Waals surface area contributed by atoms with E-state index in [9.17, 15) is 72.1 Å². The number of carboxylic acids is 1. The molecule has 1 saturated heterocycles. The van der Waals surface area contributed by atoms with Crippen LogP contribution in [0.5, 0.6) is 0 Å². The third-order valence-electron chi connectivity index (χ3n) is 19.2. The molecule has 2 aromatic heterocycles. The molecule has 0 saturated carbocycles. The molecule has 1 fully saturated rings. The molecule has 42 heteroatoms. The van der Waals surface area contributed by atoms with E-state index in [1.54, 1.807) is 70.7 Å². The van der Waals surface area contributed by atoms with Gasteiger partial charge in [0.15, 0.2) is 5.96 Å². The summed E-state index contributed by atoms with van der Waals surface area (Å²) in [7, 11) is 0. The summed E-state index contributed by atoms with van der Waals surface area (Å²) >= 11 is 2.76. The standard InChI is InChI=1S/C72H107FN22O17S2/c1-9-35(3)58(90-62(103)44(74)15-13-23-80-72(78)79)70(111)88-50(29-55(75)97)66(107)86-51(30-56(76)98)67(108)91-59(36(4)10-2)71(112)94-32-41(95-33-52(92-93-95)39-17-18-43(73)37(5)26-39)28-54(94)69(110)87-49(27-40-31-81-45-16-12-11-14-42(40)45)65(106)89-53(34-96)68(109)85-47(19-20-57(99)100)63(104)82-38(6)61(102)84-48(22-25-114-8)64(105)83-46(60(77)101)21-24-113-7/h11-12,14,16-18,26,31,33,35-36,38,41,44,46-51,53-54,58-59,81,96H,9-10,13,15,19-25,27-30,32,34,74H2,1-8H3,(H2,75,97)(H2,76,98)(H2,77,101)(H,82,104)(H,83,105)(H,84,102)(H,85,109)(H,86,107)(H,87,110)(H,88,111)(H,89,106)(H,90,103)(H,91,108)(H,99,100)(H4,78,79,80)/t35-,36-,38-,41-,44-,46-,47-,48-,49-,50-,51-,53-,54-,58-,59-/m0/s1. The van der Waals surface area contributed by atoms with E-state index in [2.05, 4.69) is 73.5 Å². The fourth-order valence-corrected chi connectivity index (χ4v) is 13.2. The lowest BCUT2D eigenvalue weighted by molar-refractivity contribution is -0.144. The van der Waals surface area contributed by atoms with Crippen molar-refractivity contribution in [1.82, 2.24) is 78.0 Å². The topological polar surface area (TPSA) is 635 Å². The number of nitrogens with two attached hydrogens (primary N) is 6. The zero-order valence-corrected chi connectivity index (χ0v) is 66.4. The van der Waals surface area contributed by atoms with Crippen molar-refractivity contribution >= 4 is 129 Å². The lowest BCUT2D eigenvalue weighted by Gasteiger charge is -2.33. The number of para-hydroxylation sites is 1. The molecule has 4 aromatic rings. The number of primary amides is 3. The molecule has 3 heterocycles. The van der Waals surface area contributed by atoms with E-state index >= 15 is 14.4 Å². The van der Waals surface area contributed by atoms with Gasteiger partial charge in [-0.05, 0) is 117 Å². The Morgan fingerprint density at radius 1 is 0.640 bits per heavy atom. The second kappa shape index (κ2) is 45.6. The van der Waals surface area contributed by atoms with Crippen LogP contribution in [-0.2, 0) is 78.3 Å². The van der Waals surface area contributed by atoms with Gasteiger partial charge in [-0.2, -0.15) is 23.5 Å².